The van der Waals surface area contributed by atoms with Gasteiger partial charge in [-0.1, -0.05) is 36.4 Å². The van der Waals surface area contributed by atoms with E-state index in [4.69, 9.17) is 4.74 Å². The van der Waals surface area contributed by atoms with Gasteiger partial charge in [0, 0.05) is 18.8 Å². The fourth-order valence-electron chi connectivity index (χ4n) is 5.51. The molecule has 2 aromatic carbocycles. The first-order valence-corrected chi connectivity index (χ1v) is 10.4. The SMILES string of the molecule is O=C([C@@H]1[C@@H]2C=C[C@@]3(CN(c4ccc(F)cc4)C(=O)[C@H]13)O2)N1CCc2ccccc2C1. The molecule has 4 aliphatic heterocycles. The fraction of sp³-hybridized carbons (Fsp3) is 0.333. The maximum absolute atomic E-state index is 13.6. The van der Waals surface area contributed by atoms with E-state index in [2.05, 4.69) is 12.1 Å². The van der Waals surface area contributed by atoms with Crippen molar-refractivity contribution in [3.8, 4) is 0 Å². The minimum atomic E-state index is -0.774. The summed E-state index contributed by atoms with van der Waals surface area (Å²) in [7, 11) is 0. The van der Waals surface area contributed by atoms with E-state index in [-0.39, 0.29) is 23.7 Å². The summed E-state index contributed by atoms with van der Waals surface area (Å²) in [5, 5.41) is 0. The van der Waals surface area contributed by atoms with Crippen molar-refractivity contribution in [3.63, 3.8) is 0 Å². The normalized spacial score (nSPS) is 31.2. The molecule has 5 nitrogen and oxygen atoms in total. The maximum Gasteiger partial charge on any atom is 0.234 e. The molecule has 0 radical (unpaired) electrons. The van der Waals surface area contributed by atoms with Crippen LogP contribution in [-0.2, 0) is 27.3 Å². The summed E-state index contributed by atoms with van der Waals surface area (Å²) in [6, 6.07) is 14.1. The molecule has 1 spiro atoms. The van der Waals surface area contributed by atoms with Gasteiger partial charge in [0.05, 0.1) is 24.5 Å². The van der Waals surface area contributed by atoms with Crippen LogP contribution in [0.25, 0.3) is 0 Å². The zero-order valence-electron chi connectivity index (χ0n) is 16.3. The number of carbonyl (C=O) groups excluding carboxylic acids is 2. The lowest BCUT2D eigenvalue weighted by Gasteiger charge is -2.33. The van der Waals surface area contributed by atoms with E-state index in [1.807, 2.05) is 29.2 Å². The summed E-state index contributed by atoms with van der Waals surface area (Å²) in [5.74, 6) is -1.54. The largest absolute Gasteiger partial charge is 0.360 e. The topological polar surface area (TPSA) is 49.9 Å². The van der Waals surface area contributed by atoms with Crippen LogP contribution in [0.4, 0.5) is 10.1 Å². The average Bonchev–Trinajstić information content (AvgIpc) is 3.42. The molecular weight excluding hydrogens is 383 g/mol. The van der Waals surface area contributed by atoms with Gasteiger partial charge in [-0.05, 0) is 41.8 Å². The summed E-state index contributed by atoms with van der Waals surface area (Å²) in [6.45, 7) is 1.57. The van der Waals surface area contributed by atoms with Crippen molar-refractivity contribution in [2.75, 3.05) is 18.0 Å². The number of hydrogen-bond acceptors (Lipinski definition) is 3. The maximum atomic E-state index is 13.6. The molecule has 2 saturated heterocycles. The van der Waals surface area contributed by atoms with Gasteiger partial charge in [0.25, 0.3) is 0 Å². The fourth-order valence-corrected chi connectivity index (χ4v) is 5.51. The first-order chi connectivity index (χ1) is 14.6. The zero-order valence-corrected chi connectivity index (χ0v) is 16.3. The van der Waals surface area contributed by atoms with Crippen LogP contribution < -0.4 is 4.90 Å². The van der Waals surface area contributed by atoms with Crippen LogP contribution in [0.3, 0.4) is 0 Å². The van der Waals surface area contributed by atoms with E-state index in [1.165, 1.54) is 17.7 Å². The van der Waals surface area contributed by atoms with Gasteiger partial charge in [0.2, 0.25) is 11.8 Å². The molecule has 4 atom stereocenters. The number of nitrogens with zero attached hydrogens (tertiary/aromatic N) is 2. The number of benzene rings is 2. The predicted molar refractivity (Wildman–Crippen MR) is 108 cm³/mol. The molecule has 2 aromatic rings. The van der Waals surface area contributed by atoms with Crippen LogP contribution in [0.2, 0.25) is 0 Å². The molecule has 2 bridgehead atoms. The Balaban J connectivity index is 1.30. The summed E-state index contributed by atoms with van der Waals surface area (Å²) in [4.78, 5) is 30.5. The molecule has 4 aliphatic rings. The van der Waals surface area contributed by atoms with Crippen molar-refractivity contribution in [2.45, 2.75) is 24.7 Å². The van der Waals surface area contributed by atoms with E-state index in [0.717, 1.165) is 12.0 Å². The van der Waals surface area contributed by atoms with E-state index in [9.17, 15) is 14.0 Å². The first kappa shape index (κ1) is 17.8. The summed E-state index contributed by atoms with van der Waals surface area (Å²) in [5.41, 5.74) is 2.30. The van der Waals surface area contributed by atoms with Gasteiger partial charge >= 0.3 is 0 Å². The van der Waals surface area contributed by atoms with Gasteiger partial charge < -0.3 is 14.5 Å². The van der Waals surface area contributed by atoms with E-state index < -0.39 is 17.4 Å². The number of rotatable bonds is 2. The second-order valence-electron chi connectivity index (χ2n) is 8.58. The second-order valence-corrected chi connectivity index (χ2v) is 8.58. The Kier molecular flexibility index (Phi) is 3.72. The van der Waals surface area contributed by atoms with Crippen LogP contribution in [-0.4, -0.2) is 41.5 Å². The Labute approximate surface area is 173 Å². The number of amides is 2. The molecule has 30 heavy (non-hydrogen) atoms. The minimum absolute atomic E-state index is 0.0139. The summed E-state index contributed by atoms with van der Waals surface area (Å²) < 4.78 is 19.6. The Morgan fingerprint density at radius 1 is 1.10 bits per heavy atom. The van der Waals surface area contributed by atoms with Crippen molar-refractivity contribution in [1.82, 2.24) is 4.90 Å². The molecule has 0 N–H and O–H groups in total. The standard InChI is InChI=1S/C24H21FN2O3/c25-17-5-7-18(8-6-17)27-14-24-11-9-19(30-24)20(21(24)23(27)29)22(28)26-12-10-15-3-1-2-4-16(15)13-26/h1-9,11,19-21H,10,12-14H2/t19-,20+,21-,24-/m0/s1. The van der Waals surface area contributed by atoms with Crippen molar-refractivity contribution < 1.29 is 18.7 Å². The zero-order chi connectivity index (χ0) is 20.5. The van der Waals surface area contributed by atoms with Crippen LogP contribution in [0, 0.1) is 17.7 Å². The molecule has 2 amide bonds. The van der Waals surface area contributed by atoms with Crippen LogP contribution >= 0.6 is 0 Å². The lowest BCUT2D eigenvalue weighted by molar-refractivity contribution is -0.141. The average molecular weight is 404 g/mol. The second kappa shape index (κ2) is 6.25. The first-order valence-electron chi connectivity index (χ1n) is 10.4. The van der Waals surface area contributed by atoms with Crippen molar-refractivity contribution in [2.24, 2.45) is 11.8 Å². The number of fused-ring (bicyclic) bond motifs is 2. The Hall–Kier alpha value is -2.99. The third-order valence-corrected chi connectivity index (χ3v) is 6.97. The van der Waals surface area contributed by atoms with Gasteiger partial charge in [-0.3, -0.25) is 9.59 Å². The van der Waals surface area contributed by atoms with Gasteiger partial charge in [0.15, 0.2) is 0 Å². The smallest absolute Gasteiger partial charge is 0.234 e. The molecule has 6 rings (SSSR count). The van der Waals surface area contributed by atoms with Gasteiger partial charge in [-0.2, -0.15) is 0 Å². The predicted octanol–water partition coefficient (Wildman–Crippen LogP) is 2.70. The number of carbonyl (C=O) groups is 2. The van der Waals surface area contributed by atoms with E-state index in [0.29, 0.717) is 25.3 Å². The van der Waals surface area contributed by atoms with Gasteiger partial charge in [0.1, 0.15) is 11.4 Å². The highest BCUT2D eigenvalue weighted by Gasteiger charge is 2.67. The summed E-state index contributed by atoms with van der Waals surface area (Å²) in [6.07, 6.45) is 4.33. The highest BCUT2D eigenvalue weighted by atomic mass is 19.1. The number of ether oxygens (including phenoxy) is 1. The van der Waals surface area contributed by atoms with Crippen LogP contribution in [0.5, 0.6) is 0 Å². The number of halogens is 1. The monoisotopic (exact) mass is 404 g/mol. The lowest BCUT2D eigenvalue weighted by Crippen LogP contribution is -2.47. The van der Waals surface area contributed by atoms with E-state index >= 15 is 0 Å². The highest BCUT2D eigenvalue weighted by molar-refractivity contribution is 6.03. The van der Waals surface area contributed by atoms with Gasteiger partial charge in [-0.15, -0.1) is 0 Å². The molecule has 6 heteroatoms. The van der Waals surface area contributed by atoms with Crippen molar-refractivity contribution in [3.05, 3.63) is 77.6 Å². The number of hydrogen-bond donors (Lipinski definition) is 0. The molecule has 0 saturated carbocycles. The highest BCUT2D eigenvalue weighted by Crippen LogP contribution is 2.53. The minimum Gasteiger partial charge on any atom is -0.360 e. The van der Waals surface area contributed by atoms with Crippen LogP contribution in [0.15, 0.2) is 60.7 Å². The molecule has 4 heterocycles. The van der Waals surface area contributed by atoms with Crippen molar-refractivity contribution >= 4 is 17.5 Å². The Morgan fingerprint density at radius 2 is 1.87 bits per heavy atom. The van der Waals surface area contributed by atoms with E-state index in [1.54, 1.807) is 17.0 Å². The van der Waals surface area contributed by atoms with Crippen LogP contribution in [0.1, 0.15) is 11.1 Å². The Morgan fingerprint density at radius 3 is 2.67 bits per heavy atom. The molecule has 152 valence electrons. The lowest BCUT2D eigenvalue weighted by atomic mass is 9.76. The molecular formula is C24H21FN2O3. The quantitative estimate of drug-likeness (QED) is 0.724. The third-order valence-electron chi connectivity index (χ3n) is 6.97. The molecule has 0 unspecified atom stereocenters. The molecule has 0 aliphatic carbocycles. The Bertz CT molecular complexity index is 1080. The molecule has 2 fully saturated rings. The third kappa shape index (κ3) is 2.43. The number of anilines is 1. The summed E-state index contributed by atoms with van der Waals surface area (Å²) >= 11 is 0. The molecule has 0 aromatic heterocycles. The van der Waals surface area contributed by atoms with Gasteiger partial charge in [-0.25, -0.2) is 4.39 Å². The van der Waals surface area contributed by atoms with Crippen molar-refractivity contribution in [1.29, 1.82) is 0 Å².